The highest BCUT2D eigenvalue weighted by Crippen LogP contribution is 2.11. The molecule has 1 aromatic carbocycles. The topological polar surface area (TPSA) is 49.3 Å². The van der Waals surface area contributed by atoms with Crippen molar-refractivity contribution in [3.8, 4) is 0 Å². The lowest BCUT2D eigenvalue weighted by atomic mass is 10.1. The van der Waals surface area contributed by atoms with Crippen molar-refractivity contribution in [2.75, 3.05) is 0 Å². The number of benzene rings is 1. The summed E-state index contributed by atoms with van der Waals surface area (Å²) < 4.78 is 0. The van der Waals surface area contributed by atoms with Crippen molar-refractivity contribution in [3.63, 3.8) is 0 Å². The van der Waals surface area contributed by atoms with Crippen molar-refractivity contribution in [2.45, 2.75) is 45.2 Å². The Bertz CT molecular complexity index is 378. The molecule has 0 aliphatic heterocycles. The van der Waals surface area contributed by atoms with Crippen molar-refractivity contribution in [1.29, 1.82) is 0 Å². The summed E-state index contributed by atoms with van der Waals surface area (Å²) in [6.45, 7) is 3.99. The van der Waals surface area contributed by atoms with Crippen molar-refractivity contribution in [3.05, 3.63) is 34.9 Å². The first kappa shape index (κ1) is 15.0. The number of nitrogens with one attached hydrogen (secondary N) is 1. The zero-order valence-corrected chi connectivity index (χ0v) is 11.6. The summed E-state index contributed by atoms with van der Waals surface area (Å²) in [6, 6.07) is 7.30. The third kappa shape index (κ3) is 5.07. The smallest absolute Gasteiger partial charge is 0.320 e. The molecule has 2 atom stereocenters. The molecule has 2 unspecified atom stereocenters. The van der Waals surface area contributed by atoms with Gasteiger partial charge in [-0.3, -0.25) is 4.79 Å². The van der Waals surface area contributed by atoms with Crippen LogP contribution in [0.3, 0.4) is 0 Å². The minimum absolute atomic E-state index is 0.124. The van der Waals surface area contributed by atoms with Gasteiger partial charge >= 0.3 is 5.97 Å². The molecule has 0 saturated heterocycles. The average molecular weight is 270 g/mol. The van der Waals surface area contributed by atoms with Crippen LogP contribution in [0.25, 0.3) is 0 Å². The maximum Gasteiger partial charge on any atom is 0.320 e. The van der Waals surface area contributed by atoms with Gasteiger partial charge in [0.1, 0.15) is 6.04 Å². The average Bonchev–Trinajstić information content (AvgIpc) is 2.31. The van der Waals surface area contributed by atoms with E-state index in [1.165, 1.54) is 0 Å². The van der Waals surface area contributed by atoms with Gasteiger partial charge in [-0.2, -0.15) is 0 Å². The van der Waals surface area contributed by atoms with E-state index in [2.05, 4.69) is 5.32 Å². The van der Waals surface area contributed by atoms with Crippen LogP contribution < -0.4 is 5.32 Å². The Morgan fingerprint density at radius 1 is 1.39 bits per heavy atom. The molecule has 2 N–H and O–H groups in total. The van der Waals surface area contributed by atoms with E-state index in [1.807, 2.05) is 38.1 Å². The third-order valence-electron chi connectivity index (χ3n) is 2.82. The second kappa shape index (κ2) is 7.39. The normalized spacial score (nSPS) is 14.2. The first-order valence-corrected chi connectivity index (χ1v) is 6.64. The molecule has 0 spiro atoms. The molecule has 1 aromatic rings. The molecule has 0 saturated carbocycles. The standard InChI is InChI=1S/C14H20ClNO2/c1-3-4-13(14(17)18)16-10(2)9-11-5-7-12(15)8-6-11/h5-8,10,13,16H,3-4,9H2,1-2H3,(H,17,18). The molecular weight excluding hydrogens is 250 g/mol. The molecule has 0 aliphatic rings. The van der Waals surface area contributed by atoms with E-state index in [-0.39, 0.29) is 6.04 Å². The lowest BCUT2D eigenvalue weighted by molar-refractivity contribution is -0.139. The highest BCUT2D eigenvalue weighted by molar-refractivity contribution is 6.30. The number of carboxylic acids is 1. The molecular formula is C14H20ClNO2. The number of carboxylic acid groups (broad SMARTS) is 1. The Morgan fingerprint density at radius 2 is 2.00 bits per heavy atom. The van der Waals surface area contributed by atoms with Crippen molar-refractivity contribution >= 4 is 17.6 Å². The van der Waals surface area contributed by atoms with Crippen LogP contribution in [-0.4, -0.2) is 23.2 Å². The van der Waals surface area contributed by atoms with Gasteiger partial charge in [0, 0.05) is 11.1 Å². The summed E-state index contributed by atoms with van der Waals surface area (Å²) in [5, 5.41) is 12.9. The molecule has 0 radical (unpaired) electrons. The van der Waals surface area contributed by atoms with Crippen LogP contribution in [-0.2, 0) is 11.2 Å². The molecule has 0 fully saturated rings. The number of halogens is 1. The lowest BCUT2D eigenvalue weighted by Gasteiger charge is -2.19. The van der Waals surface area contributed by atoms with Gasteiger partial charge in [-0.25, -0.2) is 0 Å². The minimum Gasteiger partial charge on any atom is -0.480 e. The highest BCUT2D eigenvalue weighted by atomic mass is 35.5. The maximum atomic E-state index is 11.0. The first-order chi connectivity index (χ1) is 8.52. The van der Waals surface area contributed by atoms with Crippen molar-refractivity contribution < 1.29 is 9.90 Å². The summed E-state index contributed by atoms with van der Waals surface area (Å²) in [5.74, 6) is -0.778. The Morgan fingerprint density at radius 3 is 2.50 bits per heavy atom. The predicted octanol–water partition coefficient (Wildman–Crippen LogP) is 3.11. The summed E-state index contributed by atoms with van der Waals surface area (Å²) in [4.78, 5) is 11.0. The van der Waals surface area contributed by atoms with Gasteiger partial charge in [0.25, 0.3) is 0 Å². The fraction of sp³-hybridized carbons (Fsp3) is 0.500. The first-order valence-electron chi connectivity index (χ1n) is 6.26. The summed E-state index contributed by atoms with van der Waals surface area (Å²) in [5.41, 5.74) is 1.15. The number of hydrogen-bond donors (Lipinski definition) is 2. The number of aliphatic carboxylic acids is 1. The Kier molecular flexibility index (Phi) is 6.16. The van der Waals surface area contributed by atoms with Gasteiger partial charge in [0.15, 0.2) is 0 Å². The maximum absolute atomic E-state index is 11.0. The SMILES string of the molecule is CCCC(NC(C)Cc1ccc(Cl)cc1)C(=O)O. The minimum atomic E-state index is -0.778. The molecule has 4 heteroatoms. The largest absolute Gasteiger partial charge is 0.480 e. The van der Waals surface area contributed by atoms with Crippen molar-refractivity contribution in [2.24, 2.45) is 0 Å². The van der Waals surface area contributed by atoms with Gasteiger partial charge in [-0.05, 0) is 37.5 Å². The second-order valence-corrected chi connectivity index (χ2v) is 5.01. The van der Waals surface area contributed by atoms with E-state index in [0.29, 0.717) is 11.4 Å². The second-order valence-electron chi connectivity index (χ2n) is 4.58. The van der Waals surface area contributed by atoms with Crippen LogP contribution in [0.15, 0.2) is 24.3 Å². The van der Waals surface area contributed by atoms with E-state index in [4.69, 9.17) is 16.7 Å². The quantitative estimate of drug-likeness (QED) is 0.800. The monoisotopic (exact) mass is 269 g/mol. The molecule has 1 rings (SSSR count). The number of hydrogen-bond acceptors (Lipinski definition) is 2. The molecule has 3 nitrogen and oxygen atoms in total. The van der Waals surface area contributed by atoms with Crippen LogP contribution >= 0.6 is 11.6 Å². The molecule has 0 aromatic heterocycles. The molecule has 0 heterocycles. The van der Waals surface area contributed by atoms with Crippen LogP contribution in [0.5, 0.6) is 0 Å². The van der Waals surface area contributed by atoms with Crippen LogP contribution in [0.1, 0.15) is 32.3 Å². The molecule has 0 amide bonds. The zero-order chi connectivity index (χ0) is 13.5. The Hall–Kier alpha value is -1.06. The molecule has 0 bridgehead atoms. The van der Waals surface area contributed by atoms with Crippen LogP contribution in [0, 0.1) is 0 Å². The zero-order valence-electron chi connectivity index (χ0n) is 10.8. The van der Waals surface area contributed by atoms with E-state index in [0.717, 1.165) is 18.4 Å². The van der Waals surface area contributed by atoms with Gasteiger partial charge < -0.3 is 10.4 Å². The van der Waals surface area contributed by atoms with E-state index < -0.39 is 12.0 Å². The highest BCUT2D eigenvalue weighted by Gasteiger charge is 2.18. The number of carbonyl (C=O) groups is 1. The fourth-order valence-electron chi connectivity index (χ4n) is 1.94. The van der Waals surface area contributed by atoms with Gasteiger partial charge in [-0.15, -0.1) is 0 Å². The molecule has 0 aliphatic carbocycles. The molecule has 100 valence electrons. The Balaban J connectivity index is 2.51. The lowest BCUT2D eigenvalue weighted by Crippen LogP contribution is -2.42. The van der Waals surface area contributed by atoms with Gasteiger partial charge in [0.05, 0.1) is 0 Å². The number of rotatable bonds is 7. The molecule has 18 heavy (non-hydrogen) atoms. The van der Waals surface area contributed by atoms with Crippen LogP contribution in [0.4, 0.5) is 0 Å². The van der Waals surface area contributed by atoms with E-state index >= 15 is 0 Å². The summed E-state index contributed by atoms with van der Waals surface area (Å²) in [7, 11) is 0. The summed E-state index contributed by atoms with van der Waals surface area (Å²) in [6.07, 6.45) is 2.31. The van der Waals surface area contributed by atoms with Gasteiger partial charge in [0.2, 0.25) is 0 Å². The van der Waals surface area contributed by atoms with Crippen molar-refractivity contribution in [1.82, 2.24) is 5.32 Å². The third-order valence-corrected chi connectivity index (χ3v) is 3.07. The van der Waals surface area contributed by atoms with Gasteiger partial charge in [-0.1, -0.05) is 37.1 Å². The predicted molar refractivity (Wildman–Crippen MR) is 74.1 cm³/mol. The van der Waals surface area contributed by atoms with E-state index in [1.54, 1.807) is 0 Å². The summed E-state index contributed by atoms with van der Waals surface area (Å²) >= 11 is 5.82. The Labute approximate surface area is 113 Å². The van der Waals surface area contributed by atoms with E-state index in [9.17, 15) is 4.79 Å². The van der Waals surface area contributed by atoms with Crippen LogP contribution in [0.2, 0.25) is 5.02 Å². The fourth-order valence-corrected chi connectivity index (χ4v) is 2.07.